The number of nitrogen functional groups attached to an aromatic ring is 1. The summed E-state index contributed by atoms with van der Waals surface area (Å²) in [5, 5.41) is 0.543. The summed E-state index contributed by atoms with van der Waals surface area (Å²) in [7, 11) is 4.76. The van der Waals surface area contributed by atoms with Gasteiger partial charge in [0, 0.05) is 5.56 Å². The van der Waals surface area contributed by atoms with Crippen LogP contribution in [0.1, 0.15) is 5.69 Å². The highest BCUT2D eigenvalue weighted by atomic mass is 32.1. The van der Waals surface area contributed by atoms with Crippen molar-refractivity contribution in [1.82, 2.24) is 4.98 Å². The van der Waals surface area contributed by atoms with E-state index in [4.69, 9.17) is 19.9 Å². The molecule has 5 nitrogen and oxygen atoms in total. The van der Waals surface area contributed by atoms with Crippen LogP contribution in [0.3, 0.4) is 0 Å². The molecular weight excluding hydrogens is 264 g/mol. The van der Waals surface area contributed by atoms with E-state index in [9.17, 15) is 0 Å². The van der Waals surface area contributed by atoms with Crippen molar-refractivity contribution in [3.05, 3.63) is 17.8 Å². The normalized spacial score (nSPS) is 10.3. The zero-order valence-electron chi connectivity index (χ0n) is 11.3. The molecular formula is C13H16N2O3S. The molecule has 1 aromatic heterocycles. The van der Waals surface area contributed by atoms with Crippen molar-refractivity contribution in [3.8, 4) is 27.7 Å². The lowest BCUT2D eigenvalue weighted by atomic mass is 10.1. The van der Waals surface area contributed by atoms with Gasteiger partial charge in [0.05, 0.1) is 31.9 Å². The molecule has 0 aliphatic carbocycles. The first-order valence-corrected chi connectivity index (χ1v) is 6.45. The lowest BCUT2D eigenvalue weighted by molar-refractivity contribution is 0.324. The van der Waals surface area contributed by atoms with Crippen LogP contribution in [0.5, 0.6) is 17.2 Å². The van der Waals surface area contributed by atoms with Crippen molar-refractivity contribution in [2.45, 2.75) is 6.92 Å². The van der Waals surface area contributed by atoms with Gasteiger partial charge in [-0.05, 0) is 19.1 Å². The van der Waals surface area contributed by atoms with Crippen LogP contribution in [-0.2, 0) is 0 Å². The van der Waals surface area contributed by atoms with E-state index in [1.165, 1.54) is 11.3 Å². The number of nitrogens with two attached hydrogens (primary N) is 1. The number of ether oxygens (including phenoxy) is 3. The molecule has 0 atom stereocenters. The molecule has 0 radical (unpaired) electrons. The lowest BCUT2D eigenvalue weighted by Crippen LogP contribution is -1.95. The first kappa shape index (κ1) is 13.5. The fourth-order valence-corrected chi connectivity index (χ4v) is 2.72. The average molecular weight is 280 g/mol. The highest BCUT2D eigenvalue weighted by molar-refractivity contribution is 7.18. The smallest absolute Gasteiger partial charge is 0.203 e. The summed E-state index contributed by atoms with van der Waals surface area (Å²) in [5.74, 6) is 1.80. The number of aryl methyl sites for hydroxylation is 1. The quantitative estimate of drug-likeness (QED) is 0.932. The topological polar surface area (TPSA) is 66.6 Å². The second-order valence-electron chi connectivity index (χ2n) is 3.88. The van der Waals surface area contributed by atoms with E-state index in [1.54, 1.807) is 21.3 Å². The number of anilines is 1. The average Bonchev–Trinajstić information content (AvgIpc) is 2.75. The molecule has 102 valence electrons. The van der Waals surface area contributed by atoms with Gasteiger partial charge >= 0.3 is 0 Å². The molecule has 1 aromatic carbocycles. The van der Waals surface area contributed by atoms with Gasteiger partial charge in [0.25, 0.3) is 0 Å². The largest absolute Gasteiger partial charge is 0.493 e. The van der Waals surface area contributed by atoms with Crippen LogP contribution < -0.4 is 19.9 Å². The van der Waals surface area contributed by atoms with Crippen molar-refractivity contribution in [2.24, 2.45) is 0 Å². The lowest BCUT2D eigenvalue weighted by Gasteiger charge is -2.13. The Balaban J connectivity index is 2.62. The summed E-state index contributed by atoms with van der Waals surface area (Å²) in [6.45, 7) is 1.92. The Labute approximate surface area is 115 Å². The van der Waals surface area contributed by atoms with Crippen molar-refractivity contribution in [3.63, 3.8) is 0 Å². The maximum atomic E-state index is 5.73. The van der Waals surface area contributed by atoms with E-state index in [-0.39, 0.29) is 0 Å². The van der Waals surface area contributed by atoms with Crippen molar-refractivity contribution < 1.29 is 14.2 Å². The van der Waals surface area contributed by atoms with Crippen LogP contribution in [0.25, 0.3) is 10.4 Å². The fourth-order valence-electron chi connectivity index (χ4n) is 1.90. The monoisotopic (exact) mass is 280 g/mol. The Morgan fingerprint density at radius 3 is 2.00 bits per heavy atom. The first-order valence-electron chi connectivity index (χ1n) is 5.64. The van der Waals surface area contributed by atoms with Gasteiger partial charge in [-0.25, -0.2) is 4.98 Å². The second kappa shape index (κ2) is 5.36. The summed E-state index contributed by atoms with van der Waals surface area (Å²) in [6, 6.07) is 3.78. The highest BCUT2D eigenvalue weighted by Gasteiger charge is 2.16. The van der Waals surface area contributed by atoms with Crippen molar-refractivity contribution in [2.75, 3.05) is 27.1 Å². The second-order valence-corrected chi connectivity index (χ2v) is 4.91. The number of rotatable bonds is 4. The molecule has 6 heteroatoms. The minimum Gasteiger partial charge on any atom is -0.493 e. The van der Waals surface area contributed by atoms with Crippen LogP contribution in [0.2, 0.25) is 0 Å². The predicted molar refractivity (Wildman–Crippen MR) is 76.4 cm³/mol. The highest BCUT2D eigenvalue weighted by Crippen LogP contribution is 2.43. The predicted octanol–water partition coefficient (Wildman–Crippen LogP) is 2.73. The van der Waals surface area contributed by atoms with E-state index in [0.29, 0.717) is 22.4 Å². The van der Waals surface area contributed by atoms with Gasteiger partial charge < -0.3 is 19.9 Å². The number of nitrogens with zero attached hydrogens (tertiary/aromatic N) is 1. The van der Waals surface area contributed by atoms with E-state index >= 15 is 0 Å². The summed E-state index contributed by atoms with van der Waals surface area (Å²) in [5.41, 5.74) is 7.57. The Kier molecular flexibility index (Phi) is 3.80. The zero-order valence-corrected chi connectivity index (χ0v) is 12.1. The Morgan fingerprint density at radius 2 is 1.63 bits per heavy atom. The van der Waals surface area contributed by atoms with Crippen LogP contribution in [-0.4, -0.2) is 26.3 Å². The maximum absolute atomic E-state index is 5.73. The third kappa shape index (κ3) is 2.44. The Morgan fingerprint density at radius 1 is 1.05 bits per heavy atom. The molecule has 0 unspecified atom stereocenters. The Hall–Kier alpha value is -1.95. The molecule has 0 bridgehead atoms. The molecule has 0 aliphatic heterocycles. The summed E-state index contributed by atoms with van der Waals surface area (Å²) in [6.07, 6.45) is 0. The molecule has 0 amide bonds. The molecule has 1 heterocycles. The van der Waals surface area contributed by atoms with Crippen molar-refractivity contribution >= 4 is 16.5 Å². The SMILES string of the molecule is COc1cc(-c2sc(N)nc2C)cc(OC)c1OC. The number of thiazole rings is 1. The maximum Gasteiger partial charge on any atom is 0.203 e. The fraction of sp³-hybridized carbons (Fsp3) is 0.308. The van der Waals surface area contributed by atoms with Gasteiger partial charge in [0.2, 0.25) is 5.75 Å². The minimum absolute atomic E-state index is 0.543. The Bertz CT molecular complexity index is 571. The molecule has 0 fully saturated rings. The van der Waals surface area contributed by atoms with Crippen molar-refractivity contribution in [1.29, 1.82) is 0 Å². The van der Waals surface area contributed by atoms with Gasteiger partial charge in [-0.3, -0.25) is 0 Å². The zero-order chi connectivity index (χ0) is 14.0. The number of hydrogen-bond acceptors (Lipinski definition) is 6. The number of hydrogen-bond donors (Lipinski definition) is 1. The molecule has 2 N–H and O–H groups in total. The van der Waals surface area contributed by atoms with Crippen LogP contribution in [0, 0.1) is 6.92 Å². The molecule has 2 aromatic rings. The number of methoxy groups -OCH3 is 3. The van der Waals surface area contributed by atoms with E-state index in [0.717, 1.165) is 16.1 Å². The van der Waals surface area contributed by atoms with Crippen LogP contribution in [0.4, 0.5) is 5.13 Å². The number of benzene rings is 1. The van der Waals surface area contributed by atoms with Gasteiger partial charge in [0.1, 0.15) is 0 Å². The summed E-state index contributed by atoms with van der Waals surface area (Å²) in [4.78, 5) is 5.22. The van der Waals surface area contributed by atoms with E-state index in [1.807, 2.05) is 19.1 Å². The van der Waals surface area contributed by atoms with Crippen LogP contribution >= 0.6 is 11.3 Å². The van der Waals surface area contributed by atoms with E-state index < -0.39 is 0 Å². The third-order valence-corrected chi connectivity index (χ3v) is 3.78. The van der Waals surface area contributed by atoms with Gasteiger partial charge in [-0.2, -0.15) is 0 Å². The molecule has 2 rings (SSSR count). The first-order chi connectivity index (χ1) is 9.10. The molecule has 0 aliphatic rings. The van der Waals surface area contributed by atoms with E-state index in [2.05, 4.69) is 4.98 Å². The van der Waals surface area contributed by atoms with Gasteiger partial charge in [-0.15, -0.1) is 0 Å². The van der Waals surface area contributed by atoms with Crippen LogP contribution in [0.15, 0.2) is 12.1 Å². The molecule has 0 spiro atoms. The third-order valence-electron chi connectivity index (χ3n) is 2.74. The summed E-state index contributed by atoms with van der Waals surface area (Å²) >= 11 is 1.43. The summed E-state index contributed by atoms with van der Waals surface area (Å²) < 4.78 is 16.0. The standard InChI is InChI=1S/C13H16N2O3S/c1-7-12(19-13(14)15-7)8-5-9(16-2)11(18-4)10(6-8)17-3/h5-6H,1-4H3,(H2,14,15). The minimum atomic E-state index is 0.543. The molecule has 19 heavy (non-hydrogen) atoms. The molecule has 0 saturated heterocycles. The number of aromatic nitrogens is 1. The van der Waals surface area contributed by atoms with Gasteiger partial charge in [0.15, 0.2) is 16.6 Å². The molecule has 0 saturated carbocycles. The van der Waals surface area contributed by atoms with Gasteiger partial charge in [-0.1, -0.05) is 11.3 Å².